The summed E-state index contributed by atoms with van der Waals surface area (Å²) in [6.45, 7) is 2.72. The van der Waals surface area contributed by atoms with Crippen LogP contribution in [0.4, 0.5) is 11.9 Å². The van der Waals surface area contributed by atoms with Crippen molar-refractivity contribution in [2.24, 2.45) is 0 Å². The molecule has 130 valence electrons. The first-order valence-corrected chi connectivity index (χ1v) is 8.90. The number of hydrogen-bond acceptors (Lipinski definition) is 8. The topological polar surface area (TPSA) is 84.7 Å². The average molecular weight is 356 g/mol. The lowest BCUT2D eigenvalue weighted by Crippen LogP contribution is -2.17. The van der Waals surface area contributed by atoms with Crippen LogP contribution in [0.1, 0.15) is 12.5 Å². The summed E-state index contributed by atoms with van der Waals surface area (Å²) in [4.78, 5) is 19.4. The summed E-state index contributed by atoms with van der Waals surface area (Å²) in [5.74, 6) is 2.34. The molecule has 0 fully saturated rings. The molecular weight excluding hydrogens is 336 g/mol. The quantitative estimate of drug-likeness (QED) is 0.645. The number of anilines is 2. The van der Waals surface area contributed by atoms with Gasteiger partial charge in [0.1, 0.15) is 6.33 Å². The van der Waals surface area contributed by atoms with Gasteiger partial charge in [0.2, 0.25) is 17.1 Å². The van der Waals surface area contributed by atoms with Crippen molar-refractivity contribution in [3.63, 3.8) is 0 Å². The van der Waals surface area contributed by atoms with Gasteiger partial charge in [-0.05, 0) is 12.5 Å². The van der Waals surface area contributed by atoms with Crippen LogP contribution in [-0.4, -0.2) is 50.4 Å². The predicted molar refractivity (Wildman–Crippen MR) is 99.2 cm³/mol. The van der Waals surface area contributed by atoms with E-state index in [0.717, 1.165) is 12.3 Å². The van der Waals surface area contributed by atoms with Gasteiger partial charge in [-0.1, -0.05) is 42.1 Å². The van der Waals surface area contributed by atoms with Gasteiger partial charge in [0, 0.05) is 26.4 Å². The van der Waals surface area contributed by atoms with E-state index >= 15 is 0 Å². The maximum absolute atomic E-state index is 4.47. The number of rotatable bonds is 7. The zero-order valence-electron chi connectivity index (χ0n) is 14.4. The minimum atomic E-state index is 0.439. The van der Waals surface area contributed by atoms with Crippen molar-refractivity contribution in [3.8, 4) is 5.95 Å². The van der Waals surface area contributed by atoms with E-state index in [1.807, 2.05) is 44.1 Å². The van der Waals surface area contributed by atoms with Gasteiger partial charge < -0.3 is 10.2 Å². The lowest BCUT2D eigenvalue weighted by molar-refractivity contribution is 0.764. The average Bonchev–Trinajstić information content (AvgIpc) is 3.10. The molecule has 2 aromatic heterocycles. The van der Waals surface area contributed by atoms with Crippen molar-refractivity contribution in [2.45, 2.75) is 17.8 Å². The van der Waals surface area contributed by atoms with Gasteiger partial charge in [-0.2, -0.15) is 19.6 Å². The molecular formula is C16H20N8S. The standard InChI is InChI=1S/C16H20N8S/c1-4-17-13-19-14(23(2)3)21-15(20-13)24-11-18-16(22-24)25-10-12-8-6-5-7-9-12/h5-9,11H,4,10H2,1-3H3,(H,17,19,20,21). The molecule has 3 rings (SSSR count). The van der Waals surface area contributed by atoms with Crippen molar-refractivity contribution in [3.05, 3.63) is 42.2 Å². The third-order valence-electron chi connectivity index (χ3n) is 3.23. The van der Waals surface area contributed by atoms with E-state index in [-0.39, 0.29) is 0 Å². The van der Waals surface area contributed by atoms with Crippen LogP contribution in [0.15, 0.2) is 41.8 Å². The van der Waals surface area contributed by atoms with Gasteiger partial charge >= 0.3 is 0 Å². The second-order valence-electron chi connectivity index (χ2n) is 5.43. The summed E-state index contributed by atoms with van der Waals surface area (Å²) in [5.41, 5.74) is 1.23. The molecule has 0 aliphatic rings. The predicted octanol–water partition coefficient (Wildman–Crippen LogP) is 2.24. The zero-order chi connectivity index (χ0) is 17.6. The summed E-state index contributed by atoms with van der Waals surface area (Å²) in [6, 6.07) is 10.2. The minimum Gasteiger partial charge on any atom is -0.354 e. The molecule has 0 aliphatic carbocycles. The summed E-state index contributed by atoms with van der Waals surface area (Å²) < 4.78 is 1.57. The summed E-state index contributed by atoms with van der Waals surface area (Å²) in [6.07, 6.45) is 1.62. The highest BCUT2D eigenvalue weighted by molar-refractivity contribution is 7.98. The highest BCUT2D eigenvalue weighted by Crippen LogP contribution is 2.19. The molecule has 0 saturated heterocycles. The summed E-state index contributed by atoms with van der Waals surface area (Å²) in [7, 11) is 3.77. The molecule has 0 radical (unpaired) electrons. The third-order valence-corrected chi connectivity index (χ3v) is 4.16. The Morgan fingerprint density at radius 2 is 1.92 bits per heavy atom. The monoisotopic (exact) mass is 356 g/mol. The summed E-state index contributed by atoms with van der Waals surface area (Å²) in [5, 5.41) is 8.26. The number of thioether (sulfide) groups is 1. The Bertz CT molecular complexity index is 818. The van der Waals surface area contributed by atoms with Crippen LogP contribution in [-0.2, 0) is 5.75 Å². The minimum absolute atomic E-state index is 0.439. The Morgan fingerprint density at radius 3 is 2.64 bits per heavy atom. The van der Waals surface area contributed by atoms with E-state index in [2.05, 4.69) is 42.5 Å². The van der Waals surface area contributed by atoms with E-state index in [1.165, 1.54) is 5.56 Å². The molecule has 25 heavy (non-hydrogen) atoms. The van der Waals surface area contributed by atoms with Gasteiger partial charge in [0.05, 0.1) is 0 Å². The Kier molecular flexibility index (Phi) is 5.44. The smallest absolute Gasteiger partial charge is 0.258 e. The molecule has 0 bridgehead atoms. The molecule has 9 heteroatoms. The molecule has 3 aromatic rings. The van der Waals surface area contributed by atoms with Crippen molar-refractivity contribution in [1.29, 1.82) is 0 Å². The highest BCUT2D eigenvalue weighted by atomic mass is 32.2. The largest absolute Gasteiger partial charge is 0.354 e. The second kappa shape index (κ2) is 7.93. The van der Waals surface area contributed by atoms with Crippen molar-refractivity contribution in [1.82, 2.24) is 29.7 Å². The normalized spacial score (nSPS) is 10.7. The van der Waals surface area contributed by atoms with Gasteiger partial charge in [0.25, 0.3) is 5.95 Å². The molecule has 1 aromatic carbocycles. The molecule has 2 heterocycles. The Hall–Kier alpha value is -2.68. The van der Waals surface area contributed by atoms with Crippen LogP contribution < -0.4 is 10.2 Å². The lowest BCUT2D eigenvalue weighted by atomic mass is 10.2. The van der Waals surface area contributed by atoms with Crippen LogP contribution in [0.3, 0.4) is 0 Å². The van der Waals surface area contributed by atoms with E-state index in [1.54, 1.807) is 22.8 Å². The van der Waals surface area contributed by atoms with E-state index in [4.69, 9.17) is 0 Å². The first kappa shape index (κ1) is 17.2. The maximum atomic E-state index is 4.47. The van der Waals surface area contributed by atoms with Gasteiger partial charge in [-0.25, -0.2) is 4.98 Å². The molecule has 0 aliphatic heterocycles. The van der Waals surface area contributed by atoms with Gasteiger partial charge in [-0.15, -0.1) is 5.10 Å². The van der Waals surface area contributed by atoms with E-state index < -0.39 is 0 Å². The second-order valence-corrected chi connectivity index (χ2v) is 6.37. The number of benzene rings is 1. The Labute approximate surface area is 150 Å². The van der Waals surface area contributed by atoms with E-state index in [9.17, 15) is 0 Å². The fourth-order valence-corrected chi connectivity index (χ4v) is 2.78. The first-order chi connectivity index (χ1) is 12.2. The van der Waals surface area contributed by atoms with Crippen molar-refractivity contribution < 1.29 is 0 Å². The molecule has 0 atom stereocenters. The fourth-order valence-electron chi connectivity index (χ4n) is 2.03. The molecule has 8 nitrogen and oxygen atoms in total. The molecule has 0 spiro atoms. The van der Waals surface area contributed by atoms with Crippen molar-refractivity contribution >= 4 is 23.7 Å². The maximum Gasteiger partial charge on any atom is 0.258 e. The molecule has 0 amide bonds. The summed E-state index contributed by atoms with van der Waals surface area (Å²) >= 11 is 1.57. The molecule has 0 unspecified atom stereocenters. The van der Waals surface area contributed by atoms with Crippen LogP contribution in [0, 0.1) is 0 Å². The fraction of sp³-hybridized carbons (Fsp3) is 0.312. The van der Waals surface area contributed by atoms with Gasteiger partial charge in [0.15, 0.2) is 0 Å². The van der Waals surface area contributed by atoms with Gasteiger partial charge in [-0.3, -0.25) is 0 Å². The van der Waals surface area contributed by atoms with Crippen LogP contribution >= 0.6 is 11.8 Å². The number of nitrogens with one attached hydrogen (secondary N) is 1. The Morgan fingerprint density at radius 1 is 1.12 bits per heavy atom. The molecule has 0 saturated carbocycles. The number of hydrogen-bond donors (Lipinski definition) is 1. The van der Waals surface area contributed by atoms with Crippen molar-refractivity contribution in [2.75, 3.05) is 30.9 Å². The Balaban J connectivity index is 1.79. The van der Waals surface area contributed by atoms with Crippen LogP contribution in [0.5, 0.6) is 0 Å². The first-order valence-electron chi connectivity index (χ1n) is 7.91. The third kappa shape index (κ3) is 4.44. The zero-order valence-corrected chi connectivity index (χ0v) is 15.2. The number of aromatic nitrogens is 6. The number of nitrogens with zero attached hydrogens (tertiary/aromatic N) is 7. The van der Waals surface area contributed by atoms with Crippen LogP contribution in [0.25, 0.3) is 5.95 Å². The lowest BCUT2D eigenvalue weighted by Gasteiger charge is -2.12. The highest BCUT2D eigenvalue weighted by Gasteiger charge is 2.11. The van der Waals surface area contributed by atoms with E-state index in [0.29, 0.717) is 23.0 Å². The molecule has 1 N–H and O–H groups in total. The van der Waals surface area contributed by atoms with Crippen LogP contribution in [0.2, 0.25) is 0 Å². The SMILES string of the molecule is CCNc1nc(N(C)C)nc(-n2cnc(SCc3ccccc3)n2)n1.